The first-order valence-electron chi connectivity index (χ1n) is 4.53. The van der Waals surface area contributed by atoms with Gasteiger partial charge >= 0.3 is 0 Å². The highest BCUT2D eigenvalue weighted by molar-refractivity contribution is 5.28. The molecular weight excluding hydrogens is 160 g/mol. The zero-order valence-corrected chi connectivity index (χ0v) is 8.25. The molecule has 0 saturated heterocycles. The molecule has 1 rings (SSSR count). The van der Waals surface area contributed by atoms with Gasteiger partial charge in [-0.1, -0.05) is 24.6 Å². The number of phenolic OH excluding ortho intramolecular Hbond substituents is 1. The summed E-state index contributed by atoms with van der Waals surface area (Å²) in [4.78, 5) is 0. The van der Waals surface area contributed by atoms with E-state index in [4.69, 9.17) is 5.11 Å². The van der Waals surface area contributed by atoms with Gasteiger partial charge in [0.1, 0.15) is 5.75 Å². The minimum absolute atomic E-state index is 0.325. The van der Waals surface area contributed by atoms with Crippen molar-refractivity contribution in [1.82, 2.24) is 0 Å². The number of allylic oxidation sites excluding steroid dienone is 1. The molecule has 0 aromatic heterocycles. The van der Waals surface area contributed by atoms with Crippen molar-refractivity contribution < 1.29 is 5.11 Å². The van der Waals surface area contributed by atoms with Gasteiger partial charge in [-0.05, 0) is 37.0 Å². The Kier molecular flexibility index (Phi) is 3.13. The molecule has 1 aromatic carbocycles. The van der Waals surface area contributed by atoms with Crippen LogP contribution in [0.25, 0.3) is 0 Å². The molecule has 1 unspecified atom stereocenters. The fourth-order valence-corrected chi connectivity index (χ4v) is 1.44. The van der Waals surface area contributed by atoms with Gasteiger partial charge in [0.15, 0.2) is 0 Å². The van der Waals surface area contributed by atoms with Gasteiger partial charge in [0, 0.05) is 0 Å². The lowest BCUT2D eigenvalue weighted by Crippen LogP contribution is -1.93. The van der Waals surface area contributed by atoms with Gasteiger partial charge in [0.25, 0.3) is 0 Å². The van der Waals surface area contributed by atoms with E-state index in [9.17, 15) is 0 Å². The molecule has 0 fully saturated rings. The van der Waals surface area contributed by atoms with Crippen LogP contribution in [0.1, 0.15) is 31.7 Å². The molecule has 0 aliphatic rings. The van der Waals surface area contributed by atoms with Gasteiger partial charge < -0.3 is 5.11 Å². The molecule has 13 heavy (non-hydrogen) atoms. The monoisotopic (exact) mass is 176 g/mol. The average molecular weight is 176 g/mol. The standard InChI is InChI=1S/C12H16O/c1-9(2)8-10(3)11-4-6-12(13)7-5-11/h4-7,10,13H,1,8H2,2-3H3. The minimum Gasteiger partial charge on any atom is -0.508 e. The summed E-state index contributed by atoms with van der Waals surface area (Å²) < 4.78 is 0. The maximum absolute atomic E-state index is 9.10. The predicted molar refractivity (Wildman–Crippen MR) is 56.0 cm³/mol. The van der Waals surface area contributed by atoms with Crippen LogP contribution in [-0.4, -0.2) is 5.11 Å². The summed E-state index contributed by atoms with van der Waals surface area (Å²) in [6.07, 6.45) is 1.00. The number of phenols is 1. The van der Waals surface area contributed by atoms with Crippen LogP contribution in [-0.2, 0) is 0 Å². The summed E-state index contributed by atoms with van der Waals surface area (Å²) >= 11 is 0. The van der Waals surface area contributed by atoms with Gasteiger partial charge in [0.2, 0.25) is 0 Å². The predicted octanol–water partition coefficient (Wildman–Crippen LogP) is 3.46. The first kappa shape index (κ1) is 9.85. The average Bonchev–Trinajstić information content (AvgIpc) is 2.04. The Bertz CT molecular complexity index is 284. The second-order valence-electron chi connectivity index (χ2n) is 3.65. The van der Waals surface area contributed by atoms with Crippen LogP contribution in [0.5, 0.6) is 5.75 Å². The van der Waals surface area contributed by atoms with Gasteiger partial charge in [0.05, 0.1) is 0 Å². The first-order chi connectivity index (χ1) is 6.09. The molecule has 0 amide bonds. The molecule has 0 saturated carbocycles. The number of rotatable bonds is 3. The van der Waals surface area contributed by atoms with Crippen molar-refractivity contribution in [3.63, 3.8) is 0 Å². The van der Waals surface area contributed by atoms with E-state index in [1.54, 1.807) is 12.1 Å². The van der Waals surface area contributed by atoms with E-state index >= 15 is 0 Å². The molecule has 1 atom stereocenters. The number of hydrogen-bond acceptors (Lipinski definition) is 1. The van der Waals surface area contributed by atoms with Crippen molar-refractivity contribution >= 4 is 0 Å². The third-order valence-electron chi connectivity index (χ3n) is 2.12. The van der Waals surface area contributed by atoms with Gasteiger partial charge in [-0.15, -0.1) is 6.58 Å². The van der Waals surface area contributed by atoms with Crippen molar-refractivity contribution in [2.75, 3.05) is 0 Å². The van der Waals surface area contributed by atoms with E-state index in [-0.39, 0.29) is 0 Å². The summed E-state index contributed by atoms with van der Waals surface area (Å²) in [6.45, 7) is 8.10. The molecule has 1 aromatic rings. The summed E-state index contributed by atoms with van der Waals surface area (Å²) in [7, 11) is 0. The highest BCUT2D eigenvalue weighted by atomic mass is 16.3. The summed E-state index contributed by atoms with van der Waals surface area (Å²) in [5, 5.41) is 9.10. The molecular formula is C12H16O. The van der Waals surface area contributed by atoms with E-state index in [2.05, 4.69) is 13.5 Å². The van der Waals surface area contributed by atoms with E-state index < -0.39 is 0 Å². The molecule has 0 aliphatic carbocycles. The molecule has 0 bridgehead atoms. The smallest absolute Gasteiger partial charge is 0.115 e. The Labute approximate surface area is 79.7 Å². The second kappa shape index (κ2) is 4.13. The van der Waals surface area contributed by atoms with Crippen LogP contribution in [0.2, 0.25) is 0 Å². The first-order valence-corrected chi connectivity index (χ1v) is 4.53. The lowest BCUT2D eigenvalue weighted by atomic mass is 9.95. The highest BCUT2D eigenvalue weighted by Gasteiger charge is 2.04. The Morgan fingerprint density at radius 2 is 1.92 bits per heavy atom. The van der Waals surface area contributed by atoms with Crippen LogP contribution < -0.4 is 0 Å². The number of hydrogen-bond donors (Lipinski definition) is 1. The van der Waals surface area contributed by atoms with Crippen LogP contribution in [0.3, 0.4) is 0 Å². The zero-order chi connectivity index (χ0) is 9.84. The Hall–Kier alpha value is -1.24. The van der Waals surface area contributed by atoms with Gasteiger partial charge in [-0.3, -0.25) is 0 Å². The molecule has 0 heterocycles. The maximum atomic E-state index is 9.10. The van der Waals surface area contributed by atoms with Crippen molar-refractivity contribution in [3.05, 3.63) is 42.0 Å². The molecule has 0 radical (unpaired) electrons. The number of aromatic hydroxyl groups is 1. The lowest BCUT2D eigenvalue weighted by Gasteiger charge is -2.11. The van der Waals surface area contributed by atoms with Crippen molar-refractivity contribution in [2.45, 2.75) is 26.2 Å². The quantitative estimate of drug-likeness (QED) is 0.699. The topological polar surface area (TPSA) is 20.2 Å². The van der Waals surface area contributed by atoms with Crippen molar-refractivity contribution in [3.8, 4) is 5.75 Å². The normalized spacial score (nSPS) is 12.5. The van der Waals surface area contributed by atoms with E-state index in [1.165, 1.54) is 11.1 Å². The van der Waals surface area contributed by atoms with Crippen LogP contribution >= 0.6 is 0 Å². The van der Waals surface area contributed by atoms with Gasteiger partial charge in [-0.2, -0.15) is 0 Å². The summed E-state index contributed by atoms with van der Waals surface area (Å²) in [5.41, 5.74) is 2.45. The fraction of sp³-hybridized carbons (Fsp3) is 0.333. The highest BCUT2D eigenvalue weighted by Crippen LogP contribution is 2.23. The lowest BCUT2D eigenvalue weighted by molar-refractivity contribution is 0.475. The minimum atomic E-state index is 0.325. The molecule has 0 spiro atoms. The third kappa shape index (κ3) is 2.94. The summed E-state index contributed by atoms with van der Waals surface area (Å²) in [6, 6.07) is 7.38. The van der Waals surface area contributed by atoms with E-state index in [1.807, 2.05) is 19.1 Å². The Balaban J connectivity index is 2.71. The molecule has 1 N–H and O–H groups in total. The second-order valence-corrected chi connectivity index (χ2v) is 3.65. The van der Waals surface area contributed by atoms with Crippen LogP contribution in [0.4, 0.5) is 0 Å². The molecule has 0 aliphatic heterocycles. The van der Waals surface area contributed by atoms with E-state index in [0.29, 0.717) is 11.7 Å². The molecule has 70 valence electrons. The fourth-order valence-electron chi connectivity index (χ4n) is 1.44. The zero-order valence-electron chi connectivity index (χ0n) is 8.25. The Morgan fingerprint density at radius 1 is 1.38 bits per heavy atom. The van der Waals surface area contributed by atoms with Crippen LogP contribution in [0, 0.1) is 0 Å². The summed E-state index contributed by atoms with van der Waals surface area (Å²) in [5.74, 6) is 0.810. The van der Waals surface area contributed by atoms with E-state index in [0.717, 1.165) is 6.42 Å². The SMILES string of the molecule is C=C(C)CC(C)c1ccc(O)cc1. The number of benzene rings is 1. The molecule has 1 nitrogen and oxygen atoms in total. The Morgan fingerprint density at radius 3 is 2.38 bits per heavy atom. The molecule has 1 heteroatoms. The van der Waals surface area contributed by atoms with Gasteiger partial charge in [-0.25, -0.2) is 0 Å². The third-order valence-corrected chi connectivity index (χ3v) is 2.12. The largest absolute Gasteiger partial charge is 0.508 e. The van der Waals surface area contributed by atoms with Crippen molar-refractivity contribution in [2.24, 2.45) is 0 Å². The maximum Gasteiger partial charge on any atom is 0.115 e. The van der Waals surface area contributed by atoms with Crippen molar-refractivity contribution in [1.29, 1.82) is 0 Å². The van der Waals surface area contributed by atoms with Crippen LogP contribution in [0.15, 0.2) is 36.4 Å².